The van der Waals surface area contributed by atoms with E-state index in [2.05, 4.69) is 0 Å². The molecule has 1 aliphatic rings. The SMILES string of the molecule is CCOC1(C(N)Cc2cc(Cl)ccc2OC)CCCC1. The first-order chi connectivity index (χ1) is 9.61. The average Bonchev–Trinajstić information content (AvgIpc) is 2.89. The van der Waals surface area contributed by atoms with E-state index in [4.69, 9.17) is 26.8 Å². The molecule has 1 aromatic rings. The molecule has 112 valence electrons. The third-order valence-electron chi connectivity index (χ3n) is 4.24. The lowest BCUT2D eigenvalue weighted by Crippen LogP contribution is -2.49. The number of halogens is 1. The summed E-state index contributed by atoms with van der Waals surface area (Å²) in [7, 11) is 1.67. The average molecular weight is 298 g/mol. The fourth-order valence-corrected chi connectivity index (χ4v) is 3.41. The number of ether oxygens (including phenoxy) is 2. The van der Waals surface area contributed by atoms with E-state index in [-0.39, 0.29) is 11.6 Å². The molecule has 1 aromatic carbocycles. The van der Waals surface area contributed by atoms with Crippen molar-refractivity contribution in [1.82, 2.24) is 0 Å². The van der Waals surface area contributed by atoms with Crippen LogP contribution in [0.5, 0.6) is 5.75 Å². The van der Waals surface area contributed by atoms with Crippen LogP contribution < -0.4 is 10.5 Å². The molecule has 0 aromatic heterocycles. The summed E-state index contributed by atoms with van der Waals surface area (Å²) in [5.74, 6) is 0.842. The Labute approximate surface area is 126 Å². The second-order valence-electron chi connectivity index (χ2n) is 5.47. The molecule has 0 heterocycles. The van der Waals surface area contributed by atoms with Crippen LogP contribution in [0.4, 0.5) is 0 Å². The lowest BCUT2D eigenvalue weighted by Gasteiger charge is -2.35. The van der Waals surface area contributed by atoms with Crippen LogP contribution in [0.15, 0.2) is 18.2 Å². The van der Waals surface area contributed by atoms with Gasteiger partial charge < -0.3 is 15.2 Å². The van der Waals surface area contributed by atoms with E-state index in [1.54, 1.807) is 7.11 Å². The van der Waals surface area contributed by atoms with Crippen molar-refractivity contribution in [3.63, 3.8) is 0 Å². The summed E-state index contributed by atoms with van der Waals surface area (Å²) in [6.45, 7) is 2.74. The molecule has 20 heavy (non-hydrogen) atoms. The molecule has 0 radical (unpaired) electrons. The van der Waals surface area contributed by atoms with Crippen molar-refractivity contribution in [3.8, 4) is 5.75 Å². The third-order valence-corrected chi connectivity index (χ3v) is 4.47. The molecule has 1 saturated carbocycles. The number of nitrogens with two attached hydrogens (primary N) is 1. The first-order valence-electron chi connectivity index (χ1n) is 7.33. The summed E-state index contributed by atoms with van der Waals surface area (Å²) in [4.78, 5) is 0. The second kappa shape index (κ2) is 6.79. The summed E-state index contributed by atoms with van der Waals surface area (Å²) < 4.78 is 11.4. The summed E-state index contributed by atoms with van der Waals surface area (Å²) in [5, 5.41) is 0.713. The minimum absolute atomic E-state index is 0.0303. The molecular weight excluding hydrogens is 274 g/mol. The predicted molar refractivity (Wildman–Crippen MR) is 82.5 cm³/mol. The Bertz CT molecular complexity index is 444. The van der Waals surface area contributed by atoms with Gasteiger partial charge >= 0.3 is 0 Å². The van der Waals surface area contributed by atoms with Gasteiger partial charge in [0.25, 0.3) is 0 Å². The van der Waals surface area contributed by atoms with E-state index in [1.807, 2.05) is 25.1 Å². The zero-order valence-electron chi connectivity index (χ0n) is 12.3. The first kappa shape index (κ1) is 15.6. The van der Waals surface area contributed by atoms with Crippen LogP contribution in [0.1, 0.15) is 38.2 Å². The Morgan fingerprint density at radius 3 is 2.65 bits per heavy atom. The van der Waals surface area contributed by atoms with Gasteiger partial charge in [0.05, 0.1) is 12.7 Å². The van der Waals surface area contributed by atoms with Crippen LogP contribution in [0.3, 0.4) is 0 Å². The molecule has 1 atom stereocenters. The molecule has 0 bridgehead atoms. The molecule has 0 saturated heterocycles. The maximum absolute atomic E-state index is 6.48. The summed E-state index contributed by atoms with van der Waals surface area (Å²) in [6.07, 6.45) is 5.21. The highest BCUT2D eigenvalue weighted by Crippen LogP contribution is 2.37. The number of methoxy groups -OCH3 is 1. The monoisotopic (exact) mass is 297 g/mol. The van der Waals surface area contributed by atoms with Gasteiger partial charge in [-0.25, -0.2) is 0 Å². The van der Waals surface area contributed by atoms with E-state index >= 15 is 0 Å². The van der Waals surface area contributed by atoms with E-state index in [1.165, 1.54) is 12.8 Å². The lowest BCUT2D eigenvalue weighted by molar-refractivity contribution is -0.0525. The van der Waals surface area contributed by atoms with Crippen molar-refractivity contribution in [2.75, 3.05) is 13.7 Å². The molecule has 0 spiro atoms. The van der Waals surface area contributed by atoms with Gasteiger partial charge in [0.15, 0.2) is 0 Å². The van der Waals surface area contributed by atoms with Crippen molar-refractivity contribution in [2.24, 2.45) is 5.73 Å². The predicted octanol–water partition coefficient (Wildman–Crippen LogP) is 3.57. The molecule has 0 aliphatic heterocycles. The maximum Gasteiger partial charge on any atom is 0.122 e. The van der Waals surface area contributed by atoms with Crippen molar-refractivity contribution in [2.45, 2.75) is 50.7 Å². The summed E-state index contributed by atoms with van der Waals surface area (Å²) in [5.41, 5.74) is 7.36. The molecule has 0 amide bonds. The van der Waals surface area contributed by atoms with Crippen LogP contribution in [0.25, 0.3) is 0 Å². The maximum atomic E-state index is 6.48. The Morgan fingerprint density at radius 2 is 2.05 bits per heavy atom. The van der Waals surface area contributed by atoms with E-state index in [0.717, 1.165) is 30.6 Å². The van der Waals surface area contributed by atoms with Crippen LogP contribution in [-0.2, 0) is 11.2 Å². The highest BCUT2D eigenvalue weighted by Gasteiger charge is 2.40. The van der Waals surface area contributed by atoms with Gasteiger partial charge in [-0.3, -0.25) is 0 Å². The Morgan fingerprint density at radius 1 is 1.35 bits per heavy atom. The third kappa shape index (κ3) is 3.27. The zero-order valence-corrected chi connectivity index (χ0v) is 13.1. The standard InChI is InChI=1S/C16H24ClNO2/c1-3-20-16(8-4-5-9-16)15(18)11-12-10-13(17)6-7-14(12)19-2/h6-7,10,15H,3-5,8-9,11,18H2,1-2H3. The molecule has 2 rings (SSSR count). The number of rotatable bonds is 6. The van der Waals surface area contributed by atoms with Gasteiger partial charge in [-0.05, 0) is 49.9 Å². The topological polar surface area (TPSA) is 44.5 Å². The highest BCUT2D eigenvalue weighted by atomic mass is 35.5. The van der Waals surface area contributed by atoms with Crippen molar-refractivity contribution in [3.05, 3.63) is 28.8 Å². The molecule has 4 heteroatoms. The summed E-state index contributed by atoms with van der Waals surface area (Å²) >= 11 is 6.09. The molecular formula is C16H24ClNO2. The minimum atomic E-state index is -0.178. The Hall–Kier alpha value is -0.770. The fourth-order valence-electron chi connectivity index (χ4n) is 3.21. The number of hydrogen-bond acceptors (Lipinski definition) is 3. The van der Waals surface area contributed by atoms with Gasteiger partial charge in [-0.2, -0.15) is 0 Å². The minimum Gasteiger partial charge on any atom is -0.496 e. The summed E-state index contributed by atoms with van der Waals surface area (Å²) in [6, 6.07) is 5.64. The molecule has 1 fully saturated rings. The largest absolute Gasteiger partial charge is 0.496 e. The van der Waals surface area contributed by atoms with Gasteiger partial charge in [0.1, 0.15) is 5.75 Å². The van der Waals surface area contributed by atoms with Crippen molar-refractivity contribution < 1.29 is 9.47 Å². The van der Waals surface area contributed by atoms with Crippen LogP contribution in [0.2, 0.25) is 5.02 Å². The van der Waals surface area contributed by atoms with Crippen LogP contribution in [-0.4, -0.2) is 25.4 Å². The first-order valence-corrected chi connectivity index (χ1v) is 7.71. The van der Waals surface area contributed by atoms with E-state index < -0.39 is 0 Å². The molecule has 2 N–H and O–H groups in total. The molecule has 1 aliphatic carbocycles. The quantitative estimate of drug-likeness (QED) is 0.873. The number of benzene rings is 1. The van der Waals surface area contributed by atoms with Gasteiger partial charge in [-0.1, -0.05) is 24.4 Å². The smallest absolute Gasteiger partial charge is 0.122 e. The Balaban J connectivity index is 2.17. The lowest BCUT2D eigenvalue weighted by atomic mass is 9.87. The van der Waals surface area contributed by atoms with Crippen LogP contribution >= 0.6 is 11.6 Å². The van der Waals surface area contributed by atoms with E-state index in [9.17, 15) is 0 Å². The van der Waals surface area contributed by atoms with Crippen LogP contribution in [0, 0.1) is 0 Å². The fraction of sp³-hybridized carbons (Fsp3) is 0.625. The van der Waals surface area contributed by atoms with E-state index in [0.29, 0.717) is 11.6 Å². The highest BCUT2D eigenvalue weighted by molar-refractivity contribution is 6.30. The normalized spacial score (nSPS) is 19.0. The second-order valence-corrected chi connectivity index (χ2v) is 5.91. The van der Waals surface area contributed by atoms with Crippen molar-refractivity contribution in [1.29, 1.82) is 0 Å². The number of hydrogen-bond donors (Lipinski definition) is 1. The van der Waals surface area contributed by atoms with Gasteiger partial charge in [-0.15, -0.1) is 0 Å². The molecule has 1 unspecified atom stereocenters. The zero-order chi connectivity index (χ0) is 14.6. The Kier molecular flexibility index (Phi) is 5.30. The van der Waals surface area contributed by atoms with Crippen molar-refractivity contribution >= 4 is 11.6 Å². The van der Waals surface area contributed by atoms with Gasteiger partial charge in [0.2, 0.25) is 0 Å². The molecule has 3 nitrogen and oxygen atoms in total. The van der Waals surface area contributed by atoms with Gasteiger partial charge in [0, 0.05) is 17.7 Å².